The average molecular weight is 1290 g/mol. The van der Waals surface area contributed by atoms with Crippen molar-refractivity contribution in [1.82, 2.24) is 0 Å². The highest BCUT2D eigenvalue weighted by atomic mass is 16.5. The third-order valence-corrected chi connectivity index (χ3v) is 21.6. The Bertz CT molecular complexity index is 4540. The van der Waals surface area contributed by atoms with E-state index in [1.54, 1.807) is 14.2 Å². The van der Waals surface area contributed by atoms with Gasteiger partial charge < -0.3 is 28.7 Å². The van der Waals surface area contributed by atoms with Crippen LogP contribution in [0.25, 0.3) is 44.5 Å². The molecule has 0 saturated carbocycles. The standard InChI is InChI=1S/C92H96N2O4/c1-13-61(5)57-91(58-62(6)14-2)85-20-18-17-19-81(85)82-51-31-71(55-86(82)91)92(72-32-52-89(97-59-63(7)15-3)90(56-72)98-60-64(8)16-4)87-53-66(10)23-49-83(87)84-50-30-70(54-88(84)92)69-28-39-76(40-29-69)94(78-43-47-80(96-12)48-44-78)75-37-26-68(27-38-75)67-24-35-74(36-25-67)93(73-33-21-65(9)22-34-73)77-41-45-79(95-11)46-42-77/h17-56,61-64H,13-16,57-60H2,1-12H3. The van der Waals surface area contributed by atoms with Crippen LogP contribution in [0.4, 0.5) is 34.1 Å². The van der Waals surface area contributed by atoms with Gasteiger partial charge in [0.05, 0.1) is 32.8 Å². The number of hydrogen-bond acceptors (Lipinski definition) is 6. The van der Waals surface area contributed by atoms with E-state index in [0.717, 1.165) is 118 Å². The Morgan fingerprint density at radius 1 is 0.327 bits per heavy atom. The molecule has 6 nitrogen and oxygen atoms in total. The summed E-state index contributed by atoms with van der Waals surface area (Å²) in [5.74, 6) is 5.06. The minimum absolute atomic E-state index is 0.161. The van der Waals surface area contributed by atoms with Crippen LogP contribution in [0.3, 0.4) is 0 Å². The molecule has 498 valence electrons. The maximum Gasteiger partial charge on any atom is 0.161 e. The van der Waals surface area contributed by atoms with Gasteiger partial charge in [0.15, 0.2) is 11.5 Å². The first kappa shape index (κ1) is 66.8. The number of ether oxygens (including phenoxy) is 4. The molecule has 5 atom stereocenters. The fourth-order valence-electron chi connectivity index (χ4n) is 15.2. The molecule has 0 heterocycles. The summed E-state index contributed by atoms with van der Waals surface area (Å²) in [4.78, 5) is 4.62. The molecule has 5 unspecified atom stereocenters. The summed E-state index contributed by atoms with van der Waals surface area (Å²) in [6, 6.07) is 90.6. The molecule has 11 aromatic carbocycles. The maximum absolute atomic E-state index is 7.03. The van der Waals surface area contributed by atoms with Gasteiger partial charge in [0.25, 0.3) is 0 Å². The summed E-state index contributed by atoms with van der Waals surface area (Å²) >= 11 is 0. The Labute approximate surface area is 583 Å². The van der Waals surface area contributed by atoms with Gasteiger partial charge >= 0.3 is 0 Å². The smallest absolute Gasteiger partial charge is 0.161 e. The molecule has 0 fully saturated rings. The van der Waals surface area contributed by atoms with Gasteiger partial charge in [-0.15, -0.1) is 0 Å². The van der Waals surface area contributed by atoms with Crippen molar-refractivity contribution in [2.45, 2.75) is 119 Å². The second-order valence-corrected chi connectivity index (χ2v) is 28.2. The molecule has 0 aromatic heterocycles. The quantitative estimate of drug-likeness (QED) is 0.0538. The van der Waals surface area contributed by atoms with E-state index in [2.05, 4.69) is 297 Å². The van der Waals surface area contributed by atoms with Crippen LogP contribution in [0.1, 0.15) is 138 Å². The van der Waals surface area contributed by atoms with Crippen LogP contribution in [0.15, 0.2) is 243 Å². The van der Waals surface area contributed by atoms with Gasteiger partial charge in [-0.25, -0.2) is 0 Å². The van der Waals surface area contributed by atoms with Gasteiger partial charge in [-0.1, -0.05) is 220 Å². The second kappa shape index (κ2) is 28.7. The van der Waals surface area contributed by atoms with Crippen molar-refractivity contribution in [2.24, 2.45) is 23.7 Å². The Kier molecular flexibility index (Phi) is 19.6. The van der Waals surface area contributed by atoms with Gasteiger partial charge in [-0.2, -0.15) is 0 Å². The van der Waals surface area contributed by atoms with Crippen molar-refractivity contribution >= 4 is 34.1 Å². The molecule has 2 aliphatic carbocycles. The Balaban J connectivity index is 0.927. The van der Waals surface area contributed by atoms with E-state index in [1.807, 2.05) is 24.3 Å². The molecule has 11 aromatic rings. The predicted octanol–water partition coefficient (Wildman–Crippen LogP) is 24.9. The summed E-state index contributed by atoms with van der Waals surface area (Å²) < 4.78 is 25.0. The highest BCUT2D eigenvalue weighted by molar-refractivity contribution is 5.91. The predicted molar refractivity (Wildman–Crippen MR) is 411 cm³/mol. The van der Waals surface area contributed by atoms with Gasteiger partial charge in [0.2, 0.25) is 0 Å². The van der Waals surface area contributed by atoms with E-state index in [0.29, 0.717) is 36.9 Å². The largest absolute Gasteiger partial charge is 0.497 e. The van der Waals surface area contributed by atoms with Crippen molar-refractivity contribution in [2.75, 3.05) is 37.2 Å². The van der Waals surface area contributed by atoms with E-state index >= 15 is 0 Å². The number of fused-ring (bicyclic) bond motifs is 6. The molecular weight excluding hydrogens is 1200 g/mol. The zero-order chi connectivity index (χ0) is 68.2. The number of aryl methyl sites for hydroxylation is 2. The zero-order valence-corrected chi connectivity index (χ0v) is 59.6. The topological polar surface area (TPSA) is 43.4 Å². The number of rotatable bonds is 26. The number of nitrogens with zero attached hydrogens (tertiary/aromatic N) is 2. The third kappa shape index (κ3) is 12.8. The third-order valence-electron chi connectivity index (χ3n) is 21.6. The molecule has 0 bridgehead atoms. The number of benzene rings is 11. The Morgan fingerprint density at radius 2 is 0.704 bits per heavy atom. The van der Waals surface area contributed by atoms with Gasteiger partial charge in [-0.3, -0.25) is 0 Å². The van der Waals surface area contributed by atoms with Gasteiger partial charge in [-0.05, 0) is 244 Å². The molecule has 13 rings (SSSR count). The van der Waals surface area contributed by atoms with Crippen LogP contribution in [0.5, 0.6) is 23.0 Å². The normalized spacial score (nSPS) is 16.2. The van der Waals surface area contributed by atoms with Crippen molar-refractivity contribution < 1.29 is 18.9 Å². The molecule has 0 amide bonds. The minimum Gasteiger partial charge on any atom is -0.497 e. The van der Waals surface area contributed by atoms with Gasteiger partial charge in [0.1, 0.15) is 11.5 Å². The van der Waals surface area contributed by atoms with E-state index in [9.17, 15) is 0 Å². The van der Waals surface area contributed by atoms with Crippen LogP contribution in [-0.2, 0) is 10.8 Å². The van der Waals surface area contributed by atoms with Gasteiger partial charge in [0, 0.05) is 39.5 Å². The van der Waals surface area contributed by atoms with Crippen LogP contribution >= 0.6 is 0 Å². The molecule has 0 radical (unpaired) electrons. The van der Waals surface area contributed by atoms with Crippen molar-refractivity contribution in [3.05, 3.63) is 287 Å². The van der Waals surface area contributed by atoms with Crippen molar-refractivity contribution in [3.8, 4) is 67.5 Å². The van der Waals surface area contributed by atoms with E-state index < -0.39 is 5.41 Å². The molecule has 98 heavy (non-hydrogen) atoms. The van der Waals surface area contributed by atoms with Crippen molar-refractivity contribution in [3.63, 3.8) is 0 Å². The lowest BCUT2D eigenvalue weighted by Gasteiger charge is -2.39. The van der Waals surface area contributed by atoms with E-state index in [4.69, 9.17) is 18.9 Å². The highest BCUT2D eigenvalue weighted by Crippen LogP contribution is 2.61. The van der Waals surface area contributed by atoms with E-state index in [1.165, 1.54) is 66.8 Å². The molecule has 0 spiro atoms. The first-order valence-corrected chi connectivity index (χ1v) is 35.9. The second-order valence-electron chi connectivity index (χ2n) is 28.2. The minimum atomic E-state index is -0.753. The van der Waals surface area contributed by atoms with Crippen LogP contribution in [-0.4, -0.2) is 27.4 Å². The highest BCUT2D eigenvalue weighted by Gasteiger charge is 2.50. The monoisotopic (exact) mass is 1290 g/mol. The van der Waals surface area contributed by atoms with Crippen molar-refractivity contribution in [1.29, 1.82) is 0 Å². The summed E-state index contributed by atoms with van der Waals surface area (Å²) in [6.45, 7) is 24.3. The molecule has 0 saturated heterocycles. The average Bonchev–Trinajstić information content (AvgIpc) is 1.52. The summed E-state index contributed by atoms with van der Waals surface area (Å²) in [6.07, 6.45) is 6.50. The number of anilines is 6. The lowest BCUT2D eigenvalue weighted by molar-refractivity contribution is 0.217. The zero-order valence-electron chi connectivity index (χ0n) is 59.6. The Morgan fingerprint density at radius 3 is 1.20 bits per heavy atom. The molecular formula is C92H96N2O4. The number of methoxy groups -OCH3 is 2. The molecule has 6 heteroatoms. The lowest BCUT2D eigenvalue weighted by atomic mass is 9.63. The first-order valence-electron chi connectivity index (χ1n) is 35.9. The molecule has 0 aliphatic heterocycles. The first-order chi connectivity index (χ1) is 47.7. The lowest BCUT2D eigenvalue weighted by Crippen LogP contribution is -2.32. The van der Waals surface area contributed by atoms with Crippen LogP contribution < -0.4 is 28.7 Å². The summed E-state index contributed by atoms with van der Waals surface area (Å²) in [5.41, 5.74) is 25.6. The summed E-state index contributed by atoms with van der Waals surface area (Å²) in [7, 11) is 3.43. The SMILES string of the molecule is CCC(C)COc1ccc(C2(c3ccc4c(c3)C(CC(C)CC)(CC(C)CC)c3ccccc3-4)c3cc(C)ccc3-c3ccc(-c4ccc(N(c5ccc(OC)cc5)c5ccc(-c6ccc(N(c7ccc(C)cc7)c7ccc(OC)cc7)cc6)cc5)cc4)cc32)cc1OCC(C)CC. The molecule has 2 aliphatic rings. The Hall–Kier alpha value is -9.78. The number of hydrogen-bond donors (Lipinski definition) is 0. The fourth-order valence-corrected chi connectivity index (χ4v) is 15.2. The van der Waals surface area contributed by atoms with Crippen LogP contribution in [0, 0.1) is 37.5 Å². The maximum atomic E-state index is 7.03. The molecule has 0 N–H and O–H groups in total. The summed E-state index contributed by atoms with van der Waals surface area (Å²) in [5, 5.41) is 0. The van der Waals surface area contributed by atoms with E-state index in [-0.39, 0.29) is 5.41 Å². The fraction of sp³-hybridized carbons (Fsp3) is 0.283. The van der Waals surface area contributed by atoms with Crippen LogP contribution in [0.2, 0.25) is 0 Å².